The van der Waals surface area contributed by atoms with E-state index in [1.54, 1.807) is 11.3 Å². The van der Waals surface area contributed by atoms with E-state index in [0.717, 1.165) is 25.3 Å². The molecular formula is C23H27N3. The molecule has 0 amide bonds. The van der Waals surface area contributed by atoms with Crippen LogP contribution in [-0.4, -0.2) is 28.0 Å². The first-order valence-corrected chi connectivity index (χ1v) is 9.75. The topological polar surface area (TPSA) is 21.1 Å². The van der Waals surface area contributed by atoms with Crippen LogP contribution >= 0.6 is 0 Å². The standard InChI is InChI=1S/C23H27N3/c1-14-5-6-21-18(9-14)19-12-25(4)13-20-22(15(2)11-26(21)23(19)20)17-7-8-24-16(3)10-17/h5-10,15,20,22H,11-13H2,1-4H3. The normalized spacial score (nSPS) is 25.5. The zero-order valence-electron chi connectivity index (χ0n) is 16.2. The number of aryl methyl sites for hydroxylation is 2. The van der Waals surface area contributed by atoms with Gasteiger partial charge in [-0.1, -0.05) is 18.6 Å². The maximum Gasteiger partial charge on any atom is 0.0486 e. The number of benzene rings is 1. The summed E-state index contributed by atoms with van der Waals surface area (Å²) in [6.07, 6.45) is 1.98. The minimum Gasteiger partial charge on any atom is -0.344 e. The maximum absolute atomic E-state index is 4.43. The number of pyridine rings is 1. The smallest absolute Gasteiger partial charge is 0.0486 e. The number of rotatable bonds is 1. The van der Waals surface area contributed by atoms with Gasteiger partial charge in [0.25, 0.3) is 0 Å². The molecule has 2 aliphatic rings. The first-order chi connectivity index (χ1) is 12.5. The van der Waals surface area contributed by atoms with Gasteiger partial charge in [0.15, 0.2) is 0 Å². The SMILES string of the molecule is Cc1ccc2c(c1)c1c3n2CC(C)C(c2ccnc(C)c2)C3CN(C)C1. The zero-order chi connectivity index (χ0) is 18.0. The Morgan fingerprint density at radius 2 is 1.92 bits per heavy atom. The molecule has 0 aliphatic carbocycles. The molecule has 3 atom stereocenters. The van der Waals surface area contributed by atoms with E-state index in [-0.39, 0.29) is 0 Å². The van der Waals surface area contributed by atoms with Crippen LogP contribution in [0.4, 0.5) is 0 Å². The van der Waals surface area contributed by atoms with Crippen LogP contribution in [0.5, 0.6) is 0 Å². The van der Waals surface area contributed by atoms with Crippen molar-refractivity contribution in [1.29, 1.82) is 0 Å². The highest BCUT2D eigenvalue weighted by Crippen LogP contribution is 2.49. The monoisotopic (exact) mass is 345 g/mol. The van der Waals surface area contributed by atoms with Crippen LogP contribution in [0.25, 0.3) is 10.9 Å². The summed E-state index contributed by atoms with van der Waals surface area (Å²) in [5.41, 5.74) is 8.53. The predicted molar refractivity (Wildman–Crippen MR) is 107 cm³/mol. The lowest BCUT2D eigenvalue weighted by atomic mass is 9.71. The first kappa shape index (κ1) is 16.1. The van der Waals surface area contributed by atoms with Crippen molar-refractivity contribution in [3.05, 3.63) is 64.6 Å². The molecule has 5 rings (SSSR count). The average Bonchev–Trinajstić information content (AvgIpc) is 2.88. The quantitative estimate of drug-likeness (QED) is 0.642. The van der Waals surface area contributed by atoms with Crippen LogP contribution in [-0.2, 0) is 13.1 Å². The lowest BCUT2D eigenvalue weighted by Crippen LogP contribution is -2.40. The van der Waals surface area contributed by atoms with E-state index in [4.69, 9.17) is 0 Å². The molecule has 2 aliphatic heterocycles. The highest BCUT2D eigenvalue weighted by molar-refractivity contribution is 5.87. The van der Waals surface area contributed by atoms with E-state index >= 15 is 0 Å². The van der Waals surface area contributed by atoms with Gasteiger partial charge in [-0.25, -0.2) is 0 Å². The molecule has 3 heteroatoms. The van der Waals surface area contributed by atoms with Crippen LogP contribution in [0.15, 0.2) is 36.5 Å². The van der Waals surface area contributed by atoms with Crippen molar-refractivity contribution in [2.75, 3.05) is 13.6 Å². The van der Waals surface area contributed by atoms with Crippen LogP contribution in [0.2, 0.25) is 0 Å². The molecule has 0 saturated heterocycles. The average molecular weight is 345 g/mol. The van der Waals surface area contributed by atoms with Gasteiger partial charge in [-0.15, -0.1) is 0 Å². The van der Waals surface area contributed by atoms with E-state index in [1.807, 2.05) is 6.20 Å². The van der Waals surface area contributed by atoms with Gasteiger partial charge in [0.2, 0.25) is 0 Å². The Balaban J connectivity index is 1.75. The summed E-state index contributed by atoms with van der Waals surface area (Å²) in [5.74, 6) is 1.74. The summed E-state index contributed by atoms with van der Waals surface area (Å²) < 4.78 is 2.64. The van der Waals surface area contributed by atoms with Gasteiger partial charge in [0.05, 0.1) is 0 Å². The van der Waals surface area contributed by atoms with Crippen molar-refractivity contribution in [3.63, 3.8) is 0 Å². The largest absolute Gasteiger partial charge is 0.344 e. The van der Waals surface area contributed by atoms with Gasteiger partial charge < -0.3 is 9.47 Å². The van der Waals surface area contributed by atoms with Crippen LogP contribution in [0, 0.1) is 19.8 Å². The molecule has 3 unspecified atom stereocenters. The maximum atomic E-state index is 4.43. The molecule has 0 spiro atoms. The van der Waals surface area contributed by atoms with E-state index in [0.29, 0.717) is 17.8 Å². The van der Waals surface area contributed by atoms with Gasteiger partial charge >= 0.3 is 0 Å². The van der Waals surface area contributed by atoms with Crippen molar-refractivity contribution in [3.8, 4) is 0 Å². The van der Waals surface area contributed by atoms with Crippen LogP contribution < -0.4 is 0 Å². The van der Waals surface area contributed by atoms with Gasteiger partial charge in [-0.3, -0.25) is 4.98 Å². The van der Waals surface area contributed by atoms with Gasteiger partial charge in [0.1, 0.15) is 0 Å². The minimum atomic E-state index is 0.557. The molecule has 0 bridgehead atoms. The van der Waals surface area contributed by atoms with E-state index in [1.165, 1.54) is 22.0 Å². The molecule has 4 heterocycles. The highest BCUT2D eigenvalue weighted by Gasteiger charge is 2.41. The molecule has 2 aromatic heterocycles. The predicted octanol–water partition coefficient (Wildman–Crippen LogP) is 4.62. The summed E-state index contributed by atoms with van der Waals surface area (Å²) in [4.78, 5) is 6.94. The molecule has 26 heavy (non-hydrogen) atoms. The number of aromatic nitrogens is 2. The molecule has 3 aromatic rings. The number of likely N-dealkylation sites (N-methyl/N-ethyl adjacent to an activating group) is 1. The number of nitrogens with zero attached hydrogens (tertiary/aromatic N) is 3. The van der Waals surface area contributed by atoms with Crippen LogP contribution in [0.3, 0.4) is 0 Å². The Bertz CT molecular complexity index is 1000. The van der Waals surface area contributed by atoms with Crippen LogP contribution in [0.1, 0.15) is 46.8 Å². The molecule has 0 saturated carbocycles. The first-order valence-electron chi connectivity index (χ1n) is 9.75. The summed E-state index contributed by atoms with van der Waals surface area (Å²) >= 11 is 0. The molecule has 0 fully saturated rings. The second kappa shape index (κ2) is 5.68. The molecule has 1 aromatic carbocycles. The number of hydrogen-bond donors (Lipinski definition) is 0. The van der Waals surface area contributed by atoms with Gasteiger partial charge in [0, 0.05) is 54.0 Å². The fourth-order valence-electron chi connectivity index (χ4n) is 5.52. The lowest BCUT2D eigenvalue weighted by Gasteiger charge is -2.43. The Hall–Kier alpha value is -2.13. The zero-order valence-corrected chi connectivity index (χ0v) is 16.2. The second-order valence-corrected chi connectivity index (χ2v) is 8.53. The van der Waals surface area contributed by atoms with Crippen molar-refractivity contribution in [2.24, 2.45) is 5.92 Å². The number of fused-ring (bicyclic) bond motifs is 3. The third-order valence-corrected chi connectivity index (χ3v) is 6.48. The Labute approximate surface area is 155 Å². The third kappa shape index (κ3) is 2.26. The Morgan fingerprint density at radius 1 is 1.08 bits per heavy atom. The third-order valence-electron chi connectivity index (χ3n) is 6.48. The molecule has 3 nitrogen and oxygen atoms in total. The summed E-state index contributed by atoms with van der Waals surface area (Å²) in [7, 11) is 2.27. The second-order valence-electron chi connectivity index (χ2n) is 8.53. The molecule has 0 N–H and O–H groups in total. The molecule has 134 valence electrons. The van der Waals surface area contributed by atoms with E-state index in [9.17, 15) is 0 Å². The van der Waals surface area contributed by atoms with E-state index < -0.39 is 0 Å². The molecule has 0 radical (unpaired) electrons. The minimum absolute atomic E-state index is 0.557. The van der Waals surface area contributed by atoms with Crippen molar-refractivity contribution < 1.29 is 0 Å². The lowest BCUT2D eigenvalue weighted by molar-refractivity contribution is 0.205. The summed E-state index contributed by atoms with van der Waals surface area (Å²) in [6, 6.07) is 11.5. The van der Waals surface area contributed by atoms with E-state index in [2.05, 4.69) is 72.6 Å². The fraction of sp³-hybridized carbons (Fsp3) is 0.435. The Morgan fingerprint density at radius 3 is 2.73 bits per heavy atom. The fourth-order valence-corrected chi connectivity index (χ4v) is 5.52. The highest BCUT2D eigenvalue weighted by atomic mass is 15.1. The summed E-state index contributed by atoms with van der Waals surface area (Å²) in [6.45, 7) is 10.1. The summed E-state index contributed by atoms with van der Waals surface area (Å²) in [5, 5.41) is 1.47. The number of hydrogen-bond acceptors (Lipinski definition) is 2. The molecular weight excluding hydrogens is 318 g/mol. The van der Waals surface area contributed by atoms with Crippen molar-refractivity contribution in [1.82, 2.24) is 14.5 Å². The van der Waals surface area contributed by atoms with Gasteiger partial charge in [-0.2, -0.15) is 0 Å². The van der Waals surface area contributed by atoms with Crippen molar-refractivity contribution in [2.45, 2.75) is 45.7 Å². The van der Waals surface area contributed by atoms with Crippen molar-refractivity contribution >= 4 is 10.9 Å². The van der Waals surface area contributed by atoms with Gasteiger partial charge in [-0.05, 0) is 68.1 Å². The Kier molecular flexibility index (Phi) is 3.51.